The van der Waals surface area contributed by atoms with Gasteiger partial charge < -0.3 is 48.9 Å². The second-order valence-electron chi connectivity index (χ2n) is 23.8. The highest BCUT2D eigenvalue weighted by atomic mass is 32.2. The lowest BCUT2D eigenvalue weighted by Gasteiger charge is -2.48. The minimum absolute atomic E-state index is 0.00221. The van der Waals surface area contributed by atoms with Crippen LogP contribution in [0.3, 0.4) is 0 Å². The van der Waals surface area contributed by atoms with Crippen molar-refractivity contribution in [3.8, 4) is 11.5 Å². The van der Waals surface area contributed by atoms with E-state index in [4.69, 9.17) is 33.2 Å². The molecule has 0 aromatic heterocycles. The van der Waals surface area contributed by atoms with Crippen molar-refractivity contribution in [2.45, 2.75) is 121 Å². The number of carbonyl (C=O) groups excluding carboxylic acids is 5. The van der Waals surface area contributed by atoms with Crippen LogP contribution in [0.1, 0.15) is 84.6 Å². The molecule has 2 saturated heterocycles. The number of nitrogens with zero attached hydrogens (tertiary/aromatic N) is 2. The third kappa shape index (κ3) is 18.4. The maximum atomic E-state index is 13.8. The Hall–Kier alpha value is -8.98. The number of hydrogen-bond acceptors (Lipinski definition) is 17. The second kappa shape index (κ2) is 29.5. The van der Waals surface area contributed by atoms with E-state index in [0.717, 1.165) is 11.1 Å². The molecule has 2 aliphatic rings. The van der Waals surface area contributed by atoms with Crippen LogP contribution in [0.2, 0.25) is 0 Å². The molecular formula is C66H74F2N4O18S2. The molecule has 492 valence electrons. The predicted octanol–water partition coefficient (Wildman–Crippen LogP) is 9.40. The first-order chi connectivity index (χ1) is 43.2. The Bertz CT molecular complexity index is 3800. The van der Waals surface area contributed by atoms with Crippen LogP contribution in [0, 0.1) is 22.5 Å². The summed E-state index contributed by atoms with van der Waals surface area (Å²) in [5, 5.41) is 14.4. The lowest BCUT2D eigenvalue weighted by atomic mass is 9.87. The average molecular weight is 1310 g/mol. The largest absolute Gasteiger partial charge is 0.480 e. The topological polar surface area (TPSA) is 286 Å². The molecule has 22 nitrogen and oxygen atoms in total. The summed E-state index contributed by atoms with van der Waals surface area (Å²) in [4.78, 5) is 73.7. The normalized spacial score (nSPS) is 15.9. The Morgan fingerprint density at radius 2 is 0.880 bits per heavy atom. The van der Waals surface area contributed by atoms with E-state index in [1.165, 1.54) is 113 Å². The first-order valence-electron chi connectivity index (χ1n) is 29.2. The van der Waals surface area contributed by atoms with Crippen LogP contribution in [-0.4, -0.2) is 124 Å². The molecule has 0 radical (unpaired) electrons. The van der Waals surface area contributed by atoms with Gasteiger partial charge >= 0.3 is 36.1 Å². The van der Waals surface area contributed by atoms with Crippen molar-refractivity contribution in [2.24, 2.45) is 10.8 Å². The number of benzene rings is 6. The molecule has 0 spiro atoms. The molecule has 2 fully saturated rings. The summed E-state index contributed by atoms with van der Waals surface area (Å²) in [6.45, 7) is 14.1. The molecule has 4 atom stereocenters. The number of ether oxygens (including phenoxy) is 7. The molecule has 8 rings (SSSR count). The molecule has 6 aromatic rings. The summed E-state index contributed by atoms with van der Waals surface area (Å²) in [6, 6.07) is 38.3. The van der Waals surface area contributed by atoms with Gasteiger partial charge in [0.05, 0.1) is 53.4 Å². The number of nitrogens with one attached hydrogen (secondary N) is 2. The van der Waals surface area contributed by atoms with Gasteiger partial charge in [-0.3, -0.25) is 9.59 Å². The van der Waals surface area contributed by atoms with E-state index in [9.17, 15) is 59.5 Å². The van der Waals surface area contributed by atoms with Crippen LogP contribution >= 0.6 is 0 Å². The van der Waals surface area contributed by atoms with Gasteiger partial charge in [-0.25, -0.2) is 44.8 Å². The number of halogens is 2. The van der Waals surface area contributed by atoms with Gasteiger partial charge in [0.25, 0.3) is 0 Å². The summed E-state index contributed by atoms with van der Waals surface area (Å²) in [5.74, 6) is -3.40. The van der Waals surface area contributed by atoms with Gasteiger partial charge in [0.2, 0.25) is 32.6 Å². The fourth-order valence-electron chi connectivity index (χ4n) is 9.37. The molecule has 2 heterocycles. The number of sulfonamides is 2. The number of aliphatic carboxylic acids is 1. The summed E-state index contributed by atoms with van der Waals surface area (Å²) in [5.41, 5.74) is -1.40. The van der Waals surface area contributed by atoms with E-state index in [1.54, 1.807) is 54.5 Å². The van der Waals surface area contributed by atoms with Crippen molar-refractivity contribution in [1.82, 2.24) is 19.2 Å². The van der Waals surface area contributed by atoms with Crippen molar-refractivity contribution < 1.29 is 92.6 Å². The Morgan fingerprint density at radius 1 is 0.522 bits per heavy atom. The Labute approximate surface area is 533 Å². The van der Waals surface area contributed by atoms with E-state index in [-0.39, 0.29) is 55.4 Å². The van der Waals surface area contributed by atoms with Crippen LogP contribution < -0.4 is 20.1 Å². The van der Waals surface area contributed by atoms with E-state index >= 15 is 0 Å². The van der Waals surface area contributed by atoms with Crippen LogP contribution in [0.4, 0.5) is 18.4 Å². The first kappa shape index (κ1) is 70.5. The quantitative estimate of drug-likeness (QED) is 0.0306. The predicted molar refractivity (Wildman–Crippen MR) is 329 cm³/mol. The molecule has 3 N–H and O–H groups in total. The number of carboxylic acid groups (broad SMARTS) is 1. The molecule has 0 bridgehead atoms. The van der Waals surface area contributed by atoms with Crippen molar-refractivity contribution in [3.63, 3.8) is 0 Å². The van der Waals surface area contributed by atoms with Crippen LogP contribution in [0.25, 0.3) is 0 Å². The maximum absolute atomic E-state index is 13.8. The van der Waals surface area contributed by atoms with Crippen LogP contribution in [-0.2, 0) is 87.0 Å². The van der Waals surface area contributed by atoms with Gasteiger partial charge in [-0.15, -0.1) is 0 Å². The average Bonchev–Trinajstić information content (AvgIpc) is 0.741. The minimum atomic E-state index is -4.04. The number of esters is 3. The Kier molecular flexibility index (Phi) is 22.6. The van der Waals surface area contributed by atoms with Crippen molar-refractivity contribution in [1.29, 1.82) is 0 Å². The molecule has 2 aliphatic heterocycles. The SMILES string of the molecule is CC(OC(=O)N[C@@H](Cc1cccc(S(=O)(=O)N2CC(Oc3ccc(F)cc3)(c3ccccc3)C2)c1)C(=O)O)OC(=O)C(C)(C)C.CCOC(=O)[C@H](Cc1cccc(S(=O)(=O)N2CC(Oc3ccc(F)cc3)(c3ccccc3)C2)c1)NC(=O)OC(C)OC(=O)C(C)(C)C. The second-order valence-corrected chi connectivity index (χ2v) is 27.7. The highest BCUT2D eigenvalue weighted by molar-refractivity contribution is 7.89. The van der Waals surface area contributed by atoms with Gasteiger partial charge in [0.1, 0.15) is 35.2 Å². The number of carboxylic acids is 1. The van der Waals surface area contributed by atoms with Crippen molar-refractivity contribution >= 4 is 56.1 Å². The molecule has 0 saturated carbocycles. The maximum Gasteiger partial charge on any atom is 0.410 e. The third-order valence-electron chi connectivity index (χ3n) is 14.3. The van der Waals surface area contributed by atoms with Gasteiger partial charge in [-0.05, 0) is 144 Å². The zero-order chi connectivity index (χ0) is 67.4. The number of hydrogen-bond donors (Lipinski definition) is 3. The molecule has 92 heavy (non-hydrogen) atoms. The number of rotatable bonds is 23. The van der Waals surface area contributed by atoms with Crippen LogP contribution in [0.5, 0.6) is 11.5 Å². The van der Waals surface area contributed by atoms with Gasteiger partial charge in [-0.1, -0.05) is 84.9 Å². The number of alkyl carbamates (subject to hydrolysis) is 2. The zero-order valence-corrected chi connectivity index (χ0v) is 53.8. The monoisotopic (exact) mass is 1310 g/mol. The first-order valence-corrected chi connectivity index (χ1v) is 32.0. The number of amides is 2. The van der Waals surface area contributed by atoms with Gasteiger partial charge in [-0.2, -0.15) is 8.61 Å². The minimum Gasteiger partial charge on any atom is -0.480 e. The van der Waals surface area contributed by atoms with Crippen LogP contribution in [0.15, 0.2) is 168 Å². The summed E-state index contributed by atoms with van der Waals surface area (Å²) >= 11 is 0. The molecule has 2 amide bonds. The van der Waals surface area contributed by atoms with Gasteiger partial charge in [0.15, 0.2) is 11.2 Å². The van der Waals surface area contributed by atoms with Crippen molar-refractivity contribution in [2.75, 3.05) is 32.8 Å². The smallest absolute Gasteiger partial charge is 0.410 e. The Balaban J connectivity index is 0.000000261. The fraction of sp³-hybridized carbons (Fsp3) is 0.364. The zero-order valence-electron chi connectivity index (χ0n) is 52.1. The number of carbonyl (C=O) groups is 6. The Morgan fingerprint density at radius 3 is 1.23 bits per heavy atom. The molecule has 0 aliphatic carbocycles. The lowest BCUT2D eigenvalue weighted by molar-refractivity contribution is -0.175. The van der Waals surface area contributed by atoms with E-state index < -0.39 is 114 Å². The van der Waals surface area contributed by atoms with E-state index in [0.29, 0.717) is 22.6 Å². The molecular weight excluding hydrogens is 1240 g/mol. The van der Waals surface area contributed by atoms with Gasteiger partial charge in [0, 0.05) is 26.7 Å². The lowest BCUT2D eigenvalue weighted by Crippen LogP contribution is -2.64. The molecule has 26 heteroatoms. The van der Waals surface area contributed by atoms with E-state index in [1.807, 2.05) is 60.7 Å². The molecule has 2 unspecified atom stereocenters. The fourth-order valence-corrected chi connectivity index (χ4v) is 12.6. The van der Waals surface area contributed by atoms with E-state index in [2.05, 4.69) is 10.6 Å². The third-order valence-corrected chi connectivity index (χ3v) is 17.9. The summed E-state index contributed by atoms with van der Waals surface area (Å²) < 4.78 is 122. The summed E-state index contributed by atoms with van der Waals surface area (Å²) in [7, 11) is -8.05. The highest BCUT2D eigenvalue weighted by Gasteiger charge is 2.53. The van der Waals surface area contributed by atoms with Crippen molar-refractivity contribution in [3.05, 3.63) is 192 Å². The highest BCUT2D eigenvalue weighted by Crippen LogP contribution is 2.42. The molecule has 6 aromatic carbocycles. The standard InChI is InChI=1S/C34H39FN2O9S.C32H35FN2O9S/c1-6-43-30(38)29(36-32(40)45-23(2)44-31(39)33(3,4)5)20-24-11-10-14-28(19-24)47(41,42)37-21-34(22-37,25-12-8-7-9-13-25)46-27-17-15-26(35)16-18-27;1-21(42-29(38)31(2,3)4)43-30(39)34-27(28(36)37)18-22-9-8-12-26(17-22)45(40,41)35-19-32(20-35,23-10-6-5-7-11-23)44-25-15-13-24(33)14-16-25/h7-19,23,29H,6,20-22H2,1-5H3,(H,36,40);5-17,21,27H,18-20H2,1-4H3,(H,34,39)(H,36,37)/t23?,29-;21?,27-/m00/s1. The summed E-state index contributed by atoms with van der Waals surface area (Å²) in [6.07, 6.45) is -5.03.